The van der Waals surface area contributed by atoms with Crippen LogP contribution in [0.15, 0.2) is 18.2 Å². The van der Waals surface area contributed by atoms with Crippen molar-refractivity contribution in [2.45, 2.75) is 32.6 Å². The van der Waals surface area contributed by atoms with Gasteiger partial charge in [0.05, 0.1) is 13.2 Å². The van der Waals surface area contributed by atoms with Crippen molar-refractivity contribution in [3.8, 4) is 0 Å². The summed E-state index contributed by atoms with van der Waals surface area (Å²) in [6.07, 6.45) is 0. The molecule has 0 atom stereocenters. The molecule has 0 radical (unpaired) electrons. The molecule has 3 rings (SSSR count). The average Bonchev–Trinajstić information content (AvgIpc) is 2.83. The highest BCUT2D eigenvalue weighted by molar-refractivity contribution is 5.94. The number of fused-ring (bicyclic) bond motifs is 1. The third-order valence-electron chi connectivity index (χ3n) is 3.83. The van der Waals surface area contributed by atoms with Crippen LogP contribution in [0.5, 0.6) is 0 Å². The van der Waals surface area contributed by atoms with Crippen LogP contribution in [0.25, 0.3) is 0 Å². The van der Waals surface area contributed by atoms with Crippen molar-refractivity contribution in [2.75, 3.05) is 19.6 Å². The molecule has 1 fully saturated rings. The normalized spacial score (nSPS) is 21.3. The van der Waals surface area contributed by atoms with Gasteiger partial charge in [0.1, 0.15) is 0 Å². The first kappa shape index (κ1) is 12.6. The Labute approximate surface area is 113 Å². The molecule has 1 N–H and O–H groups in total. The lowest BCUT2D eigenvalue weighted by Gasteiger charge is -2.39. The first-order valence-corrected chi connectivity index (χ1v) is 6.79. The van der Waals surface area contributed by atoms with Crippen molar-refractivity contribution in [2.24, 2.45) is 0 Å². The SMILES string of the molecule is CC1(C)CN(C(=O)c2ccc3c(c2)COC3)CCN1. The highest BCUT2D eigenvalue weighted by Crippen LogP contribution is 2.22. The Morgan fingerprint density at radius 1 is 1.32 bits per heavy atom. The summed E-state index contributed by atoms with van der Waals surface area (Å²) in [6.45, 7) is 7.93. The van der Waals surface area contributed by atoms with Crippen LogP contribution in [0, 0.1) is 0 Å². The lowest BCUT2D eigenvalue weighted by atomic mass is 10.0. The van der Waals surface area contributed by atoms with E-state index in [9.17, 15) is 4.79 Å². The summed E-state index contributed by atoms with van der Waals surface area (Å²) >= 11 is 0. The van der Waals surface area contributed by atoms with Crippen LogP contribution >= 0.6 is 0 Å². The van der Waals surface area contributed by atoms with E-state index in [1.807, 2.05) is 23.1 Å². The standard InChI is InChI=1S/C15H20N2O2/c1-15(2)10-17(6-5-16-15)14(18)11-3-4-12-8-19-9-13(12)7-11/h3-4,7,16H,5-6,8-10H2,1-2H3. The maximum Gasteiger partial charge on any atom is 0.253 e. The van der Waals surface area contributed by atoms with Gasteiger partial charge in [0, 0.05) is 30.7 Å². The van der Waals surface area contributed by atoms with Crippen LogP contribution in [-0.4, -0.2) is 36.0 Å². The highest BCUT2D eigenvalue weighted by atomic mass is 16.5. The number of nitrogens with one attached hydrogen (secondary N) is 1. The van der Waals surface area contributed by atoms with Crippen molar-refractivity contribution in [1.82, 2.24) is 10.2 Å². The monoisotopic (exact) mass is 260 g/mol. The molecule has 0 spiro atoms. The van der Waals surface area contributed by atoms with E-state index in [0.717, 1.165) is 30.8 Å². The summed E-state index contributed by atoms with van der Waals surface area (Å²) in [6, 6.07) is 5.92. The molecule has 4 heteroatoms. The van der Waals surface area contributed by atoms with Gasteiger partial charge in [-0.25, -0.2) is 0 Å². The Bertz CT molecular complexity index is 511. The molecule has 102 valence electrons. The first-order valence-electron chi connectivity index (χ1n) is 6.79. The van der Waals surface area contributed by atoms with Crippen LogP contribution in [0.4, 0.5) is 0 Å². The second kappa shape index (κ2) is 4.62. The zero-order chi connectivity index (χ0) is 13.5. The minimum Gasteiger partial charge on any atom is -0.372 e. The van der Waals surface area contributed by atoms with E-state index in [2.05, 4.69) is 19.2 Å². The van der Waals surface area contributed by atoms with Gasteiger partial charge in [-0.1, -0.05) is 6.07 Å². The summed E-state index contributed by atoms with van der Waals surface area (Å²) in [7, 11) is 0. The van der Waals surface area contributed by atoms with Crippen LogP contribution in [0.2, 0.25) is 0 Å². The molecular formula is C15H20N2O2. The molecule has 2 aliphatic rings. The van der Waals surface area contributed by atoms with E-state index in [4.69, 9.17) is 4.74 Å². The Kier molecular flexibility index (Phi) is 3.07. The van der Waals surface area contributed by atoms with Gasteiger partial charge in [-0.15, -0.1) is 0 Å². The van der Waals surface area contributed by atoms with Gasteiger partial charge in [0.15, 0.2) is 0 Å². The predicted octanol–water partition coefficient (Wildman–Crippen LogP) is 1.54. The molecule has 2 aliphatic heterocycles. The van der Waals surface area contributed by atoms with Gasteiger partial charge in [0.25, 0.3) is 5.91 Å². The fraction of sp³-hybridized carbons (Fsp3) is 0.533. The summed E-state index contributed by atoms with van der Waals surface area (Å²) in [4.78, 5) is 14.5. The van der Waals surface area contributed by atoms with Crippen molar-refractivity contribution in [3.63, 3.8) is 0 Å². The van der Waals surface area contributed by atoms with Gasteiger partial charge in [0.2, 0.25) is 0 Å². The number of carbonyl (C=O) groups excluding carboxylic acids is 1. The lowest BCUT2D eigenvalue weighted by molar-refractivity contribution is 0.0652. The van der Waals surface area contributed by atoms with Gasteiger partial charge in [-0.3, -0.25) is 4.79 Å². The maximum absolute atomic E-state index is 12.5. The number of ether oxygens (including phenoxy) is 1. The zero-order valence-electron chi connectivity index (χ0n) is 11.5. The van der Waals surface area contributed by atoms with Gasteiger partial charge in [-0.2, -0.15) is 0 Å². The number of rotatable bonds is 1. The van der Waals surface area contributed by atoms with Gasteiger partial charge in [-0.05, 0) is 37.1 Å². The number of benzene rings is 1. The number of hydrogen-bond acceptors (Lipinski definition) is 3. The maximum atomic E-state index is 12.5. The van der Waals surface area contributed by atoms with Crippen molar-refractivity contribution >= 4 is 5.91 Å². The van der Waals surface area contributed by atoms with E-state index < -0.39 is 0 Å². The summed E-state index contributed by atoms with van der Waals surface area (Å²) in [5.41, 5.74) is 3.13. The Morgan fingerprint density at radius 3 is 2.89 bits per heavy atom. The van der Waals surface area contributed by atoms with E-state index in [1.54, 1.807) is 0 Å². The average molecular weight is 260 g/mol. The third kappa shape index (κ3) is 2.51. The minimum atomic E-state index is -0.00620. The van der Waals surface area contributed by atoms with Crippen LogP contribution < -0.4 is 5.32 Å². The molecule has 0 aliphatic carbocycles. The number of hydrogen-bond donors (Lipinski definition) is 1. The molecule has 1 aromatic carbocycles. The third-order valence-corrected chi connectivity index (χ3v) is 3.83. The van der Waals surface area contributed by atoms with E-state index in [1.165, 1.54) is 5.56 Å². The van der Waals surface area contributed by atoms with Crippen molar-refractivity contribution < 1.29 is 9.53 Å². The molecule has 19 heavy (non-hydrogen) atoms. The number of nitrogens with zero attached hydrogens (tertiary/aromatic N) is 1. The quantitative estimate of drug-likeness (QED) is 0.833. The fourth-order valence-electron chi connectivity index (χ4n) is 2.80. The summed E-state index contributed by atoms with van der Waals surface area (Å²) in [5, 5.41) is 3.42. The van der Waals surface area contributed by atoms with Gasteiger partial charge >= 0.3 is 0 Å². The summed E-state index contributed by atoms with van der Waals surface area (Å²) < 4.78 is 5.39. The number of carbonyl (C=O) groups is 1. The Morgan fingerprint density at radius 2 is 2.11 bits per heavy atom. The Balaban J connectivity index is 1.80. The number of piperazine rings is 1. The lowest BCUT2D eigenvalue weighted by Crippen LogP contribution is -2.58. The number of amides is 1. The van der Waals surface area contributed by atoms with E-state index in [0.29, 0.717) is 13.2 Å². The second-order valence-electron chi connectivity index (χ2n) is 6.01. The predicted molar refractivity (Wildman–Crippen MR) is 72.9 cm³/mol. The van der Waals surface area contributed by atoms with Crippen LogP contribution in [0.1, 0.15) is 35.3 Å². The molecule has 0 bridgehead atoms. The summed E-state index contributed by atoms with van der Waals surface area (Å²) in [5.74, 6) is 0.129. The van der Waals surface area contributed by atoms with Crippen molar-refractivity contribution in [3.05, 3.63) is 34.9 Å². The smallest absolute Gasteiger partial charge is 0.253 e. The second-order valence-corrected chi connectivity index (χ2v) is 6.01. The molecule has 0 unspecified atom stereocenters. The molecule has 2 heterocycles. The molecule has 1 amide bonds. The van der Waals surface area contributed by atoms with E-state index in [-0.39, 0.29) is 11.4 Å². The molecule has 1 aromatic rings. The highest BCUT2D eigenvalue weighted by Gasteiger charge is 2.29. The topological polar surface area (TPSA) is 41.6 Å². The first-order chi connectivity index (χ1) is 9.05. The molecule has 4 nitrogen and oxygen atoms in total. The van der Waals surface area contributed by atoms with Crippen LogP contribution in [0.3, 0.4) is 0 Å². The molecule has 1 saturated heterocycles. The molecule has 0 saturated carbocycles. The van der Waals surface area contributed by atoms with Gasteiger partial charge < -0.3 is 15.0 Å². The fourth-order valence-corrected chi connectivity index (χ4v) is 2.80. The molecule has 0 aromatic heterocycles. The van der Waals surface area contributed by atoms with Crippen LogP contribution in [-0.2, 0) is 18.0 Å². The van der Waals surface area contributed by atoms with Crippen molar-refractivity contribution in [1.29, 1.82) is 0 Å². The zero-order valence-corrected chi connectivity index (χ0v) is 11.5. The Hall–Kier alpha value is -1.39. The largest absolute Gasteiger partial charge is 0.372 e. The minimum absolute atomic E-state index is 0.00620. The molecular weight excluding hydrogens is 240 g/mol. The van der Waals surface area contributed by atoms with E-state index >= 15 is 0 Å².